The van der Waals surface area contributed by atoms with Crippen molar-refractivity contribution in [3.05, 3.63) is 0 Å². The summed E-state index contributed by atoms with van der Waals surface area (Å²) in [5.74, 6) is -1.94. The molecule has 1 fully saturated rings. The molecule has 4 atom stereocenters. The minimum atomic E-state index is -1.14. The Morgan fingerprint density at radius 1 is 1.03 bits per heavy atom. The van der Waals surface area contributed by atoms with Gasteiger partial charge in [-0.2, -0.15) is 0 Å². The third-order valence-corrected chi connectivity index (χ3v) is 4.95. The van der Waals surface area contributed by atoms with Crippen LogP contribution in [0.5, 0.6) is 0 Å². The number of carbonyl (C=O) groups is 4. The van der Waals surface area contributed by atoms with Gasteiger partial charge in [-0.1, -0.05) is 27.7 Å². The van der Waals surface area contributed by atoms with Gasteiger partial charge in [0.1, 0.15) is 18.1 Å². The molecule has 0 aliphatic carbocycles. The SMILES string of the molecule is CC(C)CC(N)C(=O)NC(CC(C)C)C(=O)N1CCCC1C(=O)NC(C)C(=O)O. The van der Waals surface area contributed by atoms with Crippen molar-refractivity contribution in [3.8, 4) is 0 Å². The molecule has 3 amide bonds. The molecule has 4 unspecified atom stereocenters. The summed E-state index contributed by atoms with van der Waals surface area (Å²) in [6.07, 6.45) is 2.03. The Balaban J connectivity index is 2.90. The van der Waals surface area contributed by atoms with E-state index < -0.39 is 36.0 Å². The predicted octanol–water partition coefficient (Wildman–Crippen LogP) is 0.471. The van der Waals surface area contributed by atoms with E-state index in [1.165, 1.54) is 11.8 Å². The number of rotatable bonds is 10. The van der Waals surface area contributed by atoms with Crippen LogP contribution in [0.3, 0.4) is 0 Å². The maximum Gasteiger partial charge on any atom is 0.325 e. The van der Waals surface area contributed by atoms with Crippen LogP contribution in [0.4, 0.5) is 0 Å². The first-order valence-electron chi connectivity index (χ1n) is 10.3. The Bertz CT molecular complexity index is 608. The monoisotopic (exact) mass is 412 g/mol. The summed E-state index contributed by atoms with van der Waals surface area (Å²) >= 11 is 0. The van der Waals surface area contributed by atoms with E-state index in [1.54, 1.807) is 0 Å². The Hall–Kier alpha value is -2.16. The van der Waals surface area contributed by atoms with Crippen LogP contribution in [0, 0.1) is 11.8 Å². The Labute approximate surface area is 172 Å². The number of carboxylic acids is 1. The summed E-state index contributed by atoms with van der Waals surface area (Å²) in [6, 6.07) is -3.25. The average Bonchev–Trinajstić information content (AvgIpc) is 3.08. The van der Waals surface area contributed by atoms with E-state index in [9.17, 15) is 19.2 Å². The number of aliphatic carboxylic acids is 1. The molecule has 0 radical (unpaired) electrons. The second-order valence-electron chi connectivity index (χ2n) is 8.68. The molecule has 0 spiro atoms. The molecule has 166 valence electrons. The number of nitrogens with one attached hydrogen (secondary N) is 2. The van der Waals surface area contributed by atoms with Gasteiger partial charge < -0.3 is 26.4 Å². The van der Waals surface area contributed by atoms with Crippen LogP contribution in [0.2, 0.25) is 0 Å². The molecule has 0 saturated carbocycles. The van der Waals surface area contributed by atoms with E-state index in [-0.39, 0.29) is 23.7 Å². The Morgan fingerprint density at radius 2 is 1.62 bits per heavy atom. The zero-order chi connectivity index (χ0) is 22.3. The lowest BCUT2D eigenvalue weighted by molar-refractivity contribution is -0.144. The van der Waals surface area contributed by atoms with Crippen molar-refractivity contribution < 1.29 is 24.3 Å². The number of hydrogen-bond acceptors (Lipinski definition) is 5. The summed E-state index contributed by atoms with van der Waals surface area (Å²) in [5.41, 5.74) is 5.95. The molecule has 1 aliphatic rings. The van der Waals surface area contributed by atoms with Crippen molar-refractivity contribution in [2.45, 2.75) is 84.5 Å². The lowest BCUT2D eigenvalue weighted by atomic mass is 10.00. The lowest BCUT2D eigenvalue weighted by Gasteiger charge is -2.30. The van der Waals surface area contributed by atoms with E-state index in [2.05, 4.69) is 10.6 Å². The fourth-order valence-corrected chi connectivity index (χ4v) is 3.46. The number of carboxylic acid groups (broad SMARTS) is 1. The highest BCUT2D eigenvalue weighted by Crippen LogP contribution is 2.21. The number of likely N-dealkylation sites (tertiary alicyclic amines) is 1. The maximum atomic E-state index is 13.2. The van der Waals surface area contributed by atoms with Gasteiger partial charge in [-0.3, -0.25) is 19.2 Å². The molecule has 0 aromatic heterocycles. The quantitative estimate of drug-likeness (QED) is 0.411. The molecule has 29 heavy (non-hydrogen) atoms. The second kappa shape index (κ2) is 11.1. The normalized spacial score (nSPS) is 19.7. The molecule has 1 aliphatic heterocycles. The maximum absolute atomic E-state index is 13.2. The number of nitrogens with zero attached hydrogens (tertiary/aromatic N) is 1. The fraction of sp³-hybridized carbons (Fsp3) is 0.800. The molecule has 9 heteroatoms. The van der Waals surface area contributed by atoms with Gasteiger partial charge >= 0.3 is 5.97 Å². The van der Waals surface area contributed by atoms with Gasteiger partial charge in [-0.25, -0.2) is 0 Å². The zero-order valence-corrected chi connectivity index (χ0v) is 18.1. The van der Waals surface area contributed by atoms with Gasteiger partial charge in [-0.05, 0) is 44.4 Å². The second-order valence-corrected chi connectivity index (χ2v) is 8.68. The van der Waals surface area contributed by atoms with Gasteiger partial charge in [0.15, 0.2) is 0 Å². The molecule has 0 aromatic rings. The van der Waals surface area contributed by atoms with E-state index >= 15 is 0 Å². The van der Waals surface area contributed by atoms with Gasteiger partial charge in [0, 0.05) is 6.54 Å². The smallest absolute Gasteiger partial charge is 0.325 e. The number of hydrogen-bond donors (Lipinski definition) is 4. The number of nitrogens with two attached hydrogens (primary N) is 1. The average molecular weight is 413 g/mol. The summed E-state index contributed by atoms with van der Waals surface area (Å²) in [7, 11) is 0. The topological polar surface area (TPSA) is 142 Å². The largest absolute Gasteiger partial charge is 0.480 e. The Kier molecular flexibility index (Phi) is 9.55. The molecule has 5 N–H and O–H groups in total. The van der Waals surface area contributed by atoms with Crippen molar-refractivity contribution in [2.24, 2.45) is 17.6 Å². The summed E-state index contributed by atoms with van der Waals surface area (Å²) in [4.78, 5) is 50.6. The molecular formula is C20H36N4O5. The van der Waals surface area contributed by atoms with E-state index in [4.69, 9.17) is 10.8 Å². The summed E-state index contributed by atoms with van der Waals surface area (Å²) in [6.45, 7) is 9.59. The molecule has 0 bridgehead atoms. The van der Waals surface area contributed by atoms with Gasteiger partial charge in [0.05, 0.1) is 6.04 Å². The highest BCUT2D eigenvalue weighted by Gasteiger charge is 2.38. The minimum absolute atomic E-state index is 0.146. The Morgan fingerprint density at radius 3 is 2.14 bits per heavy atom. The van der Waals surface area contributed by atoms with Crippen LogP contribution in [0.25, 0.3) is 0 Å². The molecule has 9 nitrogen and oxygen atoms in total. The van der Waals surface area contributed by atoms with Crippen LogP contribution < -0.4 is 16.4 Å². The predicted molar refractivity (Wildman–Crippen MR) is 109 cm³/mol. The molecular weight excluding hydrogens is 376 g/mol. The standard InChI is InChI=1S/C20H36N4O5/c1-11(2)9-14(21)17(25)23-15(10-12(3)4)19(27)24-8-6-7-16(24)18(26)22-13(5)20(28)29/h11-16H,6-10,21H2,1-5H3,(H,22,26)(H,23,25)(H,28,29). The lowest BCUT2D eigenvalue weighted by Crippen LogP contribution is -2.56. The van der Waals surface area contributed by atoms with Crippen molar-refractivity contribution in [1.82, 2.24) is 15.5 Å². The summed E-state index contributed by atoms with van der Waals surface area (Å²) in [5, 5.41) is 14.2. The van der Waals surface area contributed by atoms with Crippen molar-refractivity contribution >= 4 is 23.7 Å². The van der Waals surface area contributed by atoms with E-state index in [0.717, 1.165) is 0 Å². The van der Waals surface area contributed by atoms with Gasteiger partial charge in [-0.15, -0.1) is 0 Å². The van der Waals surface area contributed by atoms with Crippen molar-refractivity contribution in [3.63, 3.8) is 0 Å². The fourth-order valence-electron chi connectivity index (χ4n) is 3.46. The van der Waals surface area contributed by atoms with Crippen LogP contribution in [0.1, 0.15) is 60.3 Å². The van der Waals surface area contributed by atoms with E-state index in [0.29, 0.717) is 32.2 Å². The van der Waals surface area contributed by atoms with Gasteiger partial charge in [0.2, 0.25) is 17.7 Å². The highest BCUT2D eigenvalue weighted by molar-refractivity contribution is 5.94. The third-order valence-electron chi connectivity index (χ3n) is 4.95. The first-order chi connectivity index (χ1) is 13.4. The third kappa shape index (κ3) is 7.64. The number of carbonyl (C=O) groups excluding carboxylic acids is 3. The van der Waals surface area contributed by atoms with Gasteiger partial charge in [0.25, 0.3) is 0 Å². The van der Waals surface area contributed by atoms with Crippen molar-refractivity contribution in [2.75, 3.05) is 6.54 Å². The summed E-state index contributed by atoms with van der Waals surface area (Å²) < 4.78 is 0. The van der Waals surface area contributed by atoms with Crippen LogP contribution >= 0.6 is 0 Å². The highest BCUT2D eigenvalue weighted by atomic mass is 16.4. The molecule has 1 rings (SSSR count). The number of amides is 3. The van der Waals surface area contributed by atoms with E-state index in [1.807, 2.05) is 27.7 Å². The molecule has 1 heterocycles. The first-order valence-corrected chi connectivity index (χ1v) is 10.3. The van der Waals surface area contributed by atoms with Crippen molar-refractivity contribution in [1.29, 1.82) is 0 Å². The molecule has 0 aromatic carbocycles. The minimum Gasteiger partial charge on any atom is -0.480 e. The zero-order valence-electron chi connectivity index (χ0n) is 18.1. The van der Waals surface area contributed by atoms with Crippen LogP contribution in [-0.2, 0) is 19.2 Å². The molecule has 1 saturated heterocycles. The van der Waals surface area contributed by atoms with Crippen LogP contribution in [0.15, 0.2) is 0 Å². The van der Waals surface area contributed by atoms with Crippen LogP contribution in [-0.4, -0.2) is 64.4 Å². The first kappa shape index (κ1) is 24.9.